The molecule has 134 valence electrons. The number of rotatable bonds is 4. The van der Waals surface area contributed by atoms with Crippen molar-refractivity contribution in [2.24, 2.45) is 0 Å². The Labute approximate surface area is 146 Å². The van der Waals surface area contributed by atoms with E-state index in [0.29, 0.717) is 5.56 Å². The number of amides is 1. The van der Waals surface area contributed by atoms with Crippen molar-refractivity contribution in [2.75, 3.05) is 0 Å². The van der Waals surface area contributed by atoms with Crippen LogP contribution in [0.4, 0.5) is 13.2 Å². The highest BCUT2D eigenvalue weighted by molar-refractivity contribution is 5.93. The standard InChI is InChI=1S/C18H14F3N3O2/c19-18(20,21)16(11-6-2-1-3-7-11)22-17(26)14-10-13(23-24-14)12-8-4-5-9-15(12)25/h1-10,16,25H,(H,22,26)(H,23,24)/t16-/m1/s1. The van der Waals surface area contributed by atoms with Gasteiger partial charge in [-0.15, -0.1) is 0 Å². The summed E-state index contributed by atoms with van der Waals surface area (Å²) in [5, 5.41) is 18.1. The number of aromatic amines is 1. The van der Waals surface area contributed by atoms with Crippen molar-refractivity contribution in [1.82, 2.24) is 15.5 Å². The van der Waals surface area contributed by atoms with Crippen molar-refractivity contribution in [3.63, 3.8) is 0 Å². The molecule has 0 aliphatic heterocycles. The monoisotopic (exact) mass is 361 g/mol. The van der Waals surface area contributed by atoms with Crippen molar-refractivity contribution in [3.8, 4) is 17.0 Å². The molecule has 0 radical (unpaired) electrons. The molecule has 0 fully saturated rings. The number of benzene rings is 2. The van der Waals surface area contributed by atoms with E-state index in [1.807, 2.05) is 5.32 Å². The predicted octanol–water partition coefficient (Wildman–Crippen LogP) is 3.82. The van der Waals surface area contributed by atoms with Crippen LogP contribution in [-0.2, 0) is 0 Å². The summed E-state index contributed by atoms with van der Waals surface area (Å²) in [5.41, 5.74) is 0.386. The van der Waals surface area contributed by atoms with Gasteiger partial charge in [-0.05, 0) is 23.8 Å². The van der Waals surface area contributed by atoms with Crippen LogP contribution in [-0.4, -0.2) is 27.4 Å². The molecule has 0 saturated heterocycles. The highest BCUT2D eigenvalue weighted by atomic mass is 19.4. The van der Waals surface area contributed by atoms with Crippen molar-refractivity contribution in [1.29, 1.82) is 0 Å². The molecule has 8 heteroatoms. The van der Waals surface area contributed by atoms with Crippen LogP contribution >= 0.6 is 0 Å². The number of hydrogen-bond acceptors (Lipinski definition) is 3. The maximum atomic E-state index is 13.3. The van der Waals surface area contributed by atoms with Gasteiger partial charge in [0.1, 0.15) is 11.4 Å². The number of aromatic hydroxyl groups is 1. The number of carbonyl (C=O) groups is 1. The number of alkyl halides is 3. The van der Waals surface area contributed by atoms with Crippen LogP contribution in [0.15, 0.2) is 60.7 Å². The summed E-state index contributed by atoms with van der Waals surface area (Å²) in [5.74, 6) is -1.01. The normalized spacial score (nSPS) is 12.6. The number of phenols is 1. The van der Waals surface area contributed by atoms with Crippen LogP contribution in [0.1, 0.15) is 22.1 Å². The molecule has 3 N–H and O–H groups in total. The molecule has 0 bridgehead atoms. The summed E-state index contributed by atoms with van der Waals surface area (Å²) in [7, 11) is 0. The summed E-state index contributed by atoms with van der Waals surface area (Å²) in [6.07, 6.45) is -4.66. The Hall–Kier alpha value is -3.29. The van der Waals surface area contributed by atoms with E-state index < -0.39 is 18.1 Å². The Morgan fingerprint density at radius 3 is 2.38 bits per heavy atom. The fourth-order valence-corrected chi connectivity index (χ4v) is 2.47. The van der Waals surface area contributed by atoms with Gasteiger partial charge in [0.2, 0.25) is 0 Å². The maximum absolute atomic E-state index is 13.3. The van der Waals surface area contributed by atoms with E-state index in [-0.39, 0.29) is 22.7 Å². The topological polar surface area (TPSA) is 78.0 Å². The van der Waals surface area contributed by atoms with Gasteiger partial charge in [-0.25, -0.2) is 0 Å². The summed E-state index contributed by atoms with van der Waals surface area (Å²) >= 11 is 0. The lowest BCUT2D eigenvalue weighted by Crippen LogP contribution is -2.38. The summed E-state index contributed by atoms with van der Waals surface area (Å²) in [4.78, 5) is 12.3. The molecule has 3 aromatic rings. The molecular formula is C18H14F3N3O2. The predicted molar refractivity (Wildman–Crippen MR) is 88.4 cm³/mol. The molecular weight excluding hydrogens is 347 g/mol. The number of H-pyrrole nitrogens is 1. The van der Waals surface area contributed by atoms with Crippen LogP contribution in [0.2, 0.25) is 0 Å². The largest absolute Gasteiger partial charge is 0.507 e. The van der Waals surface area contributed by atoms with Gasteiger partial charge in [0.25, 0.3) is 5.91 Å². The lowest BCUT2D eigenvalue weighted by Gasteiger charge is -2.21. The number of aromatic nitrogens is 2. The van der Waals surface area contributed by atoms with Crippen LogP contribution in [0, 0.1) is 0 Å². The van der Waals surface area contributed by atoms with Crippen molar-refractivity contribution < 1.29 is 23.1 Å². The van der Waals surface area contributed by atoms with Crippen LogP contribution in [0.3, 0.4) is 0 Å². The van der Waals surface area contributed by atoms with Gasteiger partial charge < -0.3 is 10.4 Å². The Morgan fingerprint density at radius 2 is 1.73 bits per heavy atom. The highest BCUT2D eigenvalue weighted by Crippen LogP contribution is 2.33. The van der Waals surface area contributed by atoms with Gasteiger partial charge in [-0.2, -0.15) is 18.3 Å². The Balaban J connectivity index is 1.84. The first-order valence-electron chi connectivity index (χ1n) is 7.62. The van der Waals surface area contributed by atoms with Crippen LogP contribution in [0.25, 0.3) is 11.3 Å². The fourth-order valence-electron chi connectivity index (χ4n) is 2.47. The van der Waals surface area contributed by atoms with Gasteiger partial charge in [-0.1, -0.05) is 42.5 Å². The van der Waals surface area contributed by atoms with Gasteiger partial charge in [-0.3, -0.25) is 9.89 Å². The smallest absolute Gasteiger partial charge is 0.412 e. The van der Waals surface area contributed by atoms with E-state index in [2.05, 4.69) is 10.2 Å². The lowest BCUT2D eigenvalue weighted by molar-refractivity contribution is -0.155. The third kappa shape index (κ3) is 3.69. The number of nitrogens with one attached hydrogen (secondary N) is 2. The average molecular weight is 361 g/mol. The fraction of sp³-hybridized carbons (Fsp3) is 0.111. The van der Waals surface area contributed by atoms with E-state index in [1.165, 1.54) is 36.4 Å². The van der Waals surface area contributed by atoms with Crippen LogP contribution < -0.4 is 5.32 Å². The third-order valence-corrected chi connectivity index (χ3v) is 3.74. The van der Waals surface area contributed by atoms with Gasteiger partial charge in [0.15, 0.2) is 6.04 Å². The molecule has 0 aliphatic carbocycles. The van der Waals surface area contributed by atoms with E-state index in [1.54, 1.807) is 24.3 Å². The van der Waals surface area contributed by atoms with E-state index >= 15 is 0 Å². The first-order chi connectivity index (χ1) is 12.4. The molecule has 26 heavy (non-hydrogen) atoms. The number of nitrogens with zero attached hydrogens (tertiary/aromatic N) is 1. The Bertz CT molecular complexity index is 907. The quantitative estimate of drug-likeness (QED) is 0.661. The summed E-state index contributed by atoms with van der Waals surface area (Å²) < 4.78 is 40.0. The third-order valence-electron chi connectivity index (χ3n) is 3.74. The zero-order valence-corrected chi connectivity index (χ0v) is 13.3. The van der Waals surface area contributed by atoms with Crippen LogP contribution in [0.5, 0.6) is 5.75 Å². The van der Waals surface area contributed by atoms with Gasteiger partial charge >= 0.3 is 6.18 Å². The highest BCUT2D eigenvalue weighted by Gasteiger charge is 2.42. The first kappa shape index (κ1) is 17.5. The SMILES string of the molecule is O=C(N[C@H](c1ccccc1)C(F)(F)F)c1cc(-c2ccccc2O)n[nH]1. The molecule has 1 amide bonds. The Morgan fingerprint density at radius 1 is 1.08 bits per heavy atom. The summed E-state index contributed by atoms with van der Waals surface area (Å²) in [6, 6.07) is 12.5. The number of para-hydroxylation sites is 1. The van der Waals surface area contributed by atoms with Crippen molar-refractivity contribution in [3.05, 3.63) is 71.9 Å². The van der Waals surface area contributed by atoms with Gasteiger partial charge in [0, 0.05) is 5.56 Å². The molecule has 0 spiro atoms. The molecule has 0 unspecified atom stereocenters. The number of carbonyl (C=O) groups excluding carboxylic acids is 1. The minimum Gasteiger partial charge on any atom is -0.507 e. The van der Waals surface area contributed by atoms with Crippen molar-refractivity contribution in [2.45, 2.75) is 12.2 Å². The molecule has 3 rings (SSSR count). The van der Waals surface area contributed by atoms with E-state index in [4.69, 9.17) is 0 Å². The Kier molecular flexibility index (Phi) is 4.66. The molecule has 0 aliphatic rings. The lowest BCUT2D eigenvalue weighted by atomic mass is 10.1. The van der Waals surface area contributed by atoms with E-state index in [0.717, 1.165) is 0 Å². The van der Waals surface area contributed by atoms with Crippen molar-refractivity contribution >= 4 is 5.91 Å². The molecule has 1 atom stereocenters. The minimum atomic E-state index is -4.66. The zero-order valence-electron chi connectivity index (χ0n) is 13.3. The summed E-state index contributed by atoms with van der Waals surface area (Å²) in [6.45, 7) is 0. The zero-order chi connectivity index (χ0) is 18.7. The minimum absolute atomic E-state index is 0.0524. The molecule has 5 nitrogen and oxygen atoms in total. The molecule has 1 heterocycles. The molecule has 1 aromatic heterocycles. The number of hydrogen-bond donors (Lipinski definition) is 3. The second-order valence-corrected chi connectivity index (χ2v) is 5.54. The average Bonchev–Trinajstić information content (AvgIpc) is 3.09. The number of phenolic OH excluding ortho intramolecular Hbond substituents is 1. The van der Waals surface area contributed by atoms with E-state index in [9.17, 15) is 23.1 Å². The van der Waals surface area contributed by atoms with Gasteiger partial charge in [0.05, 0.1) is 5.69 Å². The second-order valence-electron chi connectivity index (χ2n) is 5.54. The first-order valence-corrected chi connectivity index (χ1v) is 7.62. The molecule has 0 saturated carbocycles. The number of halogens is 3. The molecule has 2 aromatic carbocycles. The second kappa shape index (κ2) is 6.91. The maximum Gasteiger partial charge on any atom is 0.412 e.